The van der Waals surface area contributed by atoms with E-state index in [2.05, 4.69) is 15.0 Å². The number of nitrogens with one attached hydrogen (secondary N) is 1. The first kappa shape index (κ1) is 25.1. The molecular weight excluding hydrogens is 420 g/mol. The van der Waals surface area contributed by atoms with Gasteiger partial charge in [0.2, 0.25) is 0 Å². The number of hydrogen-bond donors (Lipinski definition) is 1. The zero-order chi connectivity index (χ0) is 18.6. The van der Waals surface area contributed by atoms with Crippen LogP contribution in [0.2, 0.25) is 0 Å². The number of rotatable bonds is 5. The fourth-order valence-electron chi connectivity index (χ4n) is 3.88. The van der Waals surface area contributed by atoms with Crippen molar-refractivity contribution in [3.63, 3.8) is 0 Å². The van der Waals surface area contributed by atoms with Crippen LogP contribution >= 0.6 is 24.8 Å². The summed E-state index contributed by atoms with van der Waals surface area (Å²) in [6.45, 7) is 4.76. The van der Waals surface area contributed by atoms with E-state index in [1.54, 1.807) is 13.2 Å². The number of piperazine rings is 1. The third-order valence-corrected chi connectivity index (χ3v) is 5.01. The lowest BCUT2D eigenvalue weighted by Gasteiger charge is -2.41. The molecule has 0 spiro atoms. The summed E-state index contributed by atoms with van der Waals surface area (Å²) in [6.07, 6.45) is -2.96. The largest absolute Gasteiger partial charge is 0.573 e. The smallest absolute Gasteiger partial charge is 0.496 e. The fraction of sp³-hybridized carbons (Fsp3) is 0.667. The summed E-state index contributed by atoms with van der Waals surface area (Å²) in [5, 5.41) is 3.32. The normalized spacial score (nSPS) is 19.9. The Labute approximate surface area is 175 Å². The predicted octanol–water partition coefficient (Wildman–Crippen LogP) is 3.81. The quantitative estimate of drug-likeness (QED) is 0.744. The molecule has 2 aliphatic rings. The Morgan fingerprint density at radius 3 is 2.36 bits per heavy atom. The van der Waals surface area contributed by atoms with Crippen molar-refractivity contribution < 1.29 is 27.4 Å². The van der Waals surface area contributed by atoms with E-state index in [0.717, 1.165) is 44.6 Å². The number of methoxy groups -OCH3 is 1. The van der Waals surface area contributed by atoms with E-state index in [1.807, 2.05) is 0 Å². The van der Waals surface area contributed by atoms with Gasteiger partial charge in [-0.1, -0.05) is 0 Å². The Kier molecular flexibility index (Phi) is 10.1. The first-order valence-electron chi connectivity index (χ1n) is 8.94. The van der Waals surface area contributed by atoms with Gasteiger partial charge in [-0.15, -0.1) is 38.0 Å². The van der Waals surface area contributed by atoms with Gasteiger partial charge in [0.25, 0.3) is 0 Å². The van der Waals surface area contributed by atoms with Crippen LogP contribution in [0, 0.1) is 5.92 Å². The minimum Gasteiger partial charge on any atom is -0.496 e. The lowest BCUT2D eigenvalue weighted by atomic mass is 9.85. The second kappa shape index (κ2) is 11.3. The molecule has 0 radical (unpaired) electrons. The highest BCUT2D eigenvalue weighted by Crippen LogP contribution is 2.41. The number of benzene rings is 1. The van der Waals surface area contributed by atoms with Crippen molar-refractivity contribution in [3.8, 4) is 11.5 Å². The van der Waals surface area contributed by atoms with E-state index in [-0.39, 0.29) is 36.6 Å². The molecule has 1 aromatic rings. The zero-order valence-corrected chi connectivity index (χ0v) is 17.3. The maximum Gasteiger partial charge on any atom is 0.573 e. The van der Waals surface area contributed by atoms with Gasteiger partial charge in [0.15, 0.2) is 0 Å². The summed E-state index contributed by atoms with van der Waals surface area (Å²) in [6, 6.07) is 4.32. The highest BCUT2D eigenvalue weighted by atomic mass is 35.5. The second-order valence-electron chi connectivity index (χ2n) is 6.63. The summed E-state index contributed by atoms with van der Waals surface area (Å²) in [5.41, 5.74) is 0.753. The maximum absolute atomic E-state index is 12.7. The van der Waals surface area contributed by atoms with Crippen LogP contribution in [-0.2, 0) is 4.74 Å². The summed E-state index contributed by atoms with van der Waals surface area (Å²) in [5.74, 6) is 0.687. The Morgan fingerprint density at radius 2 is 1.79 bits per heavy atom. The number of nitrogens with zero attached hydrogens (tertiary/aromatic N) is 1. The van der Waals surface area contributed by atoms with Crippen LogP contribution in [0.4, 0.5) is 13.2 Å². The van der Waals surface area contributed by atoms with E-state index < -0.39 is 6.36 Å². The van der Waals surface area contributed by atoms with Gasteiger partial charge >= 0.3 is 6.36 Å². The standard InChI is InChI=1S/C18H25F3N2O3.2ClH/c1-24-16-3-2-14(26-18(19,20)21)12-15(16)17(13-4-10-25-11-5-13)23-8-6-22-7-9-23;;/h2-3,12-13,17,22H,4-11H2,1H3;2*1H/t17-;;/m1../s1. The number of alkyl halides is 3. The molecule has 3 rings (SSSR count). The van der Waals surface area contributed by atoms with Crippen LogP contribution in [0.3, 0.4) is 0 Å². The molecule has 1 atom stereocenters. The third kappa shape index (κ3) is 6.56. The number of hydrogen-bond acceptors (Lipinski definition) is 5. The van der Waals surface area contributed by atoms with Crippen LogP contribution in [-0.4, -0.2) is 57.8 Å². The Morgan fingerprint density at radius 1 is 1.14 bits per heavy atom. The topological polar surface area (TPSA) is 43.0 Å². The summed E-state index contributed by atoms with van der Waals surface area (Å²) < 4.78 is 53.2. The first-order valence-corrected chi connectivity index (χ1v) is 8.94. The lowest BCUT2D eigenvalue weighted by molar-refractivity contribution is -0.274. The summed E-state index contributed by atoms with van der Waals surface area (Å²) >= 11 is 0. The van der Waals surface area contributed by atoms with Crippen molar-refractivity contribution >= 4 is 24.8 Å². The highest BCUT2D eigenvalue weighted by molar-refractivity contribution is 5.85. The Hall–Kier alpha value is -0.930. The molecular formula is C18H27Cl2F3N2O3. The molecule has 28 heavy (non-hydrogen) atoms. The molecule has 0 amide bonds. The molecule has 2 saturated heterocycles. The average Bonchev–Trinajstić information content (AvgIpc) is 2.63. The monoisotopic (exact) mass is 446 g/mol. The van der Waals surface area contributed by atoms with E-state index in [9.17, 15) is 13.2 Å². The molecule has 0 aliphatic carbocycles. The molecule has 2 fully saturated rings. The zero-order valence-electron chi connectivity index (χ0n) is 15.7. The molecule has 162 valence electrons. The predicted molar refractivity (Wildman–Crippen MR) is 105 cm³/mol. The van der Waals surface area contributed by atoms with E-state index >= 15 is 0 Å². The van der Waals surface area contributed by atoms with Crippen molar-refractivity contribution in [2.75, 3.05) is 46.5 Å². The molecule has 0 aromatic heterocycles. The molecule has 0 saturated carbocycles. The van der Waals surface area contributed by atoms with Crippen molar-refractivity contribution in [3.05, 3.63) is 23.8 Å². The van der Waals surface area contributed by atoms with Gasteiger partial charge in [0, 0.05) is 51.0 Å². The fourth-order valence-corrected chi connectivity index (χ4v) is 3.88. The molecule has 0 bridgehead atoms. The van der Waals surface area contributed by atoms with Gasteiger partial charge in [-0.3, -0.25) is 4.90 Å². The minimum absolute atomic E-state index is 0. The van der Waals surface area contributed by atoms with Crippen LogP contribution in [0.25, 0.3) is 0 Å². The molecule has 1 N–H and O–H groups in total. The van der Waals surface area contributed by atoms with Gasteiger partial charge in [-0.2, -0.15) is 0 Å². The molecule has 1 aromatic carbocycles. The third-order valence-electron chi connectivity index (χ3n) is 5.01. The Bertz CT molecular complexity index is 578. The van der Waals surface area contributed by atoms with E-state index in [1.165, 1.54) is 12.1 Å². The van der Waals surface area contributed by atoms with Gasteiger partial charge < -0.3 is 19.5 Å². The average molecular weight is 447 g/mol. The first-order chi connectivity index (χ1) is 12.5. The van der Waals surface area contributed by atoms with Gasteiger partial charge in [-0.05, 0) is 37.0 Å². The second-order valence-corrected chi connectivity index (χ2v) is 6.63. The van der Waals surface area contributed by atoms with Crippen molar-refractivity contribution in [2.24, 2.45) is 5.92 Å². The minimum atomic E-state index is -4.71. The van der Waals surface area contributed by atoms with Gasteiger partial charge in [-0.25, -0.2) is 0 Å². The molecule has 5 nitrogen and oxygen atoms in total. The SMILES string of the molecule is COc1ccc(OC(F)(F)F)cc1[C@@H](C1CCOCC1)N1CCNCC1.Cl.Cl. The lowest BCUT2D eigenvalue weighted by Crippen LogP contribution is -2.47. The summed E-state index contributed by atoms with van der Waals surface area (Å²) in [7, 11) is 1.54. The Balaban J connectivity index is 0.00000196. The van der Waals surface area contributed by atoms with Crippen molar-refractivity contribution in [1.82, 2.24) is 10.2 Å². The number of ether oxygens (including phenoxy) is 3. The molecule has 0 unspecified atom stereocenters. The van der Waals surface area contributed by atoms with E-state index in [4.69, 9.17) is 9.47 Å². The molecule has 2 aliphatic heterocycles. The van der Waals surface area contributed by atoms with Crippen molar-refractivity contribution in [2.45, 2.75) is 25.2 Å². The van der Waals surface area contributed by atoms with Gasteiger partial charge in [0.1, 0.15) is 11.5 Å². The highest BCUT2D eigenvalue weighted by Gasteiger charge is 2.35. The number of halogens is 5. The van der Waals surface area contributed by atoms with E-state index in [0.29, 0.717) is 24.9 Å². The van der Waals surface area contributed by atoms with Crippen molar-refractivity contribution in [1.29, 1.82) is 0 Å². The van der Waals surface area contributed by atoms with Crippen LogP contribution in [0.5, 0.6) is 11.5 Å². The van der Waals surface area contributed by atoms with Gasteiger partial charge in [0.05, 0.1) is 7.11 Å². The summed E-state index contributed by atoms with van der Waals surface area (Å²) in [4.78, 5) is 2.34. The van der Waals surface area contributed by atoms with Crippen LogP contribution < -0.4 is 14.8 Å². The molecule has 2 heterocycles. The molecule has 10 heteroatoms. The maximum atomic E-state index is 12.7. The van der Waals surface area contributed by atoms with Crippen LogP contribution in [0.1, 0.15) is 24.4 Å². The van der Waals surface area contributed by atoms with Crippen LogP contribution in [0.15, 0.2) is 18.2 Å².